The second-order valence-corrected chi connectivity index (χ2v) is 6.77. The average Bonchev–Trinajstić information content (AvgIpc) is 2.55. The summed E-state index contributed by atoms with van der Waals surface area (Å²) in [5.41, 5.74) is 1.03. The lowest BCUT2D eigenvalue weighted by atomic mass is 9.91. The molecule has 0 atom stereocenters. The molecule has 0 aromatic heterocycles. The van der Waals surface area contributed by atoms with Crippen molar-refractivity contribution in [1.82, 2.24) is 0 Å². The van der Waals surface area contributed by atoms with Gasteiger partial charge in [0.1, 0.15) is 5.82 Å². The fourth-order valence-corrected chi connectivity index (χ4v) is 2.91. The van der Waals surface area contributed by atoms with Crippen LogP contribution in [0.1, 0.15) is 17.5 Å². The number of primary sulfonamides is 1. The molecule has 0 heterocycles. The number of carboxylic acids is 1. The molecule has 0 spiro atoms. The first-order valence-corrected chi connectivity index (χ1v) is 8.75. The lowest BCUT2D eigenvalue weighted by Gasteiger charge is -2.14. The summed E-state index contributed by atoms with van der Waals surface area (Å²) >= 11 is 0. The molecule has 2 aromatic carbocycles. The highest BCUT2D eigenvalue weighted by Gasteiger charge is 2.18. The van der Waals surface area contributed by atoms with Gasteiger partial charge in [0.25, 0.3) is 0 Å². The molecule has 0 amide bonds. The topological polar surface area (TPSA) is 118 Å². The Morgan fingerprint density at radius 1 is 1.00 bits per heavy atom. The summed E-state index contributed by atoms with van der Waals surface area (Å²) in [5, 5.41) is 23.7. The van der Waals surface area contributed by atoms with Gasteiger partial charge in [-0.1, -0.05) is 24.3 Å². The standard InChI is InChI=1S/C17H16FNO5S/c18-13-5-1-11(2-6-13)16(15(9-10-20)17(21)22)12-3-7-14(8-4-12)25(19,23)24/h1-8,20H,9-10H2,(H,21,22)(H2,19,23,24). The molecule has 132 valence electrons. The van der Waals surface area contributed by atoms with Crippen LogP contribution in [0.15, 0.2) is 59.0 Å². The smallest absolute Gasteiger partial charge is 0.332 e. The Bertz CT molecular complexity index is 903. The number of halogens is 1. The molecular formula is C17H16FNO5S. The van der Waals surface area contributed by atoms with Gasteiger partial charge in [0.15, 0.2) is 0 Å². The molecule has 0 unspecified atom stereocenters. The minimum atomic E-state index is -3.88. The largest absolute Gasteiger partial charge is 0.478 e. The summed E-state index contributed by atoms with van der Waals surface area (Å²) in [7, 11) is -3.88. The van der Waals surface area contributed by atoms with E-state index in [1.54, 1.807) is 0 Å². The summed E-state index contributed by atoms with van der Waals surface area (Å²) in [6, 6.07) is 10.5. The SMILES string of the molecule is NS(=O)(=O)c1ccc(C(=C(CCO)C(=O)O)c2ccc(F)cc2)cc1. The van der Waals surface area contributed by atoms with Crippen molar-refractivity contribution in [3.63, 3.8) is 0 Å². The van der Waals surface area contributed by atoms with Gasteiger partial charge >= 0.3 is 5.97 Å². The van der Waals surface area contributed by atoms with Gasteiger partial charge in [-0.25, -0.2) is 22.7 Å². The first kappa shape index (κ1) is 18.8. The molecule has 0 radical (unpaired) electrons. The Kier molecular flexibility index (Phi) is 5.68. The number of rotatable bonds is 6. The van der Waals surface area contributed by atoms with Crippen LogP contribution >= 0.6 is 0 Å². The number of hydrogen-bond acceptors (Lipinski definition) is 4. The first-order valence-electron chi connectivity index (χ1n) is 7.20. The Hall–Kier alpha value is -2.55. The van der Waals surface area contributed by atoms with Crippen molar-refractivity contribution in [2.45, 2.75) is 11.3 Å². The number of aliphatic carboxylic acids is 1. The third-order valence-electron chi connectivity index (χ3n) is 3.53. The van der Waals surface area contributed by atoms with Crippen LogP contribution in [0.25, 0.3) is 5.57 Å². The van der Waals surface area contributed by atoms with Crippen molar-refractivity contribution in [3.05, 3.63) is 71.0 Å². The third kappa shape index (κ3) is 4.50. The van der Waals surface area contributed by atoms with E-state index in [9.17, 15) is 22.7 Å². The number of aliphatic hydroxyl groups excluding tert-OH is 1. The lowest BCUT2D eigenvalue weighted by molar-refractivity contribution is -0.132. The molecule has 0 saturated carbocycles. The predicted molar refractivity (Wildman–Crippen MR) is 89.6 cm³/mol. The van der Waals surface area contributed by atoms with Gasteiger partial charge in [0.05, 0.1) is 4.90 Å². The van der Waals surface area contributed by atoms with Crippen molar-refractivity contribution in [3.8, 4) is 0 Å². The zero-order chi connectivity index (χ0) is 18.6. The number of nitrogens with two attached hydrogens (primary N) is 1. The second kappa shape index (κ2) is 7.56. The summed E-state index contributed by atoms with van der Waals surface area (Å²) in [4.78, 5) is 11.5. The van der Waals surface area contributed by atoms with Crippen molar-refractivity contribution in [2.24, 2.45) is 5.14 Å². The summed E-state index contributed by atoms with van der Waals surface area (Å²) in [6.45, 7) is -0.387. The van der Waals surface area contributed by atoms with Gasteiger partial charge in [-0.2, -0.15) is 0 Å². The maximum absolute atomic E-state index is 13.2. The number of carboxylic acid groups (broad SMARTS) is 1. The Labute approximate surface area is 144 Å². The highest BCUT2D eigenvalue weighted by atomic mass is 32.2. The predicted octanol–water partition coefficient (Wildman–Crippen LogP) is 1.74. The van der Waals surface area contributed by atoms with Crippen LogP contribution in [0.4, 0.5) is 4.39 Å². The minimum Gasteiger partial charge on any atom is -0.478 e. The molecular weight excluding hydrogens is 349 g/mol. The van der Waals surface area contributed by atoms with E-state index >= 15 is 0 Å². The molecule has 0 aliphatic heterocycles. The van der Waals surface area contributed by atoms with Gasteiger partial charge in [0.2, 0.25) is 10.0 Å². The molecule has 2 rings (SSSR count). The highest BCUT2D eigenvalue weighted by molar-refractivity contribution is 7.89. The minimum absolute atomic E-state index is 0.0718. The van der Waals surface area contributed by atoms with E-state index < -0.39 is 21.8 Å². The second-order valence-electron chi connectivity index (χ2n) is 5.21. The number of aliphatic hydroxyl groups is 1. The van der Waals surface area contributed by atoms with Gasteiger partial charge in [0, 0.05) is 18.6 Å². The fraction of sp³-hybridized carbons (Fsp3) is 0.118. The van der Waals surface area contributed by atoms with Crippen LogP contribution in [0.5, 0.6) is 0 Å². The van der Waals surface area contributed by atoms with E-state index in [2.05, 4.69) is 0 Å². The van der Waals surface area contributed by atoms with E-state index in [-0.39, 0.29) is 29.1 Å². The van der Waals surface area contributed by atoms with Crippen LogP contribution in [0, 0.1) is 5.82 Å². The van der Waals surface area contributed by atoms with Gasteiger partial charge in [-0.3, -0.25) is 0 Å². The molecule has 8 heteroatoms. The molecule has 0 aliphatic carbocycles. The van der Waals surface area contributed by atoms with Crippen LogP contribution in [0.2, 0.25) is 0 Å². The molecule has 6 nitrogen and oxygen atoms in total. The normalized spacial score (nSPS) is 12.6. The van der Waals surface area contributed by atoms with Gasteiger partial charge < -0.3 is 10.2 Å². The molecule has 0 aliphatic rings. The zero-order valence-corrected chi connectivity index (χ0v) is 13.8. The van der Waals surface area contributed by atoms with E-state index in [1.165, 1.54) is 48.5 Å². The number of benzene rings is 2. The quantitative estimate of drug-likeness (QED) is 0.674. The van der Waals surface area contributed by atoms with Crippen molar-refractivity contribution >= 4 is 21.6 Å². The average molecular weight is 365 g/mol. The Morgan fingerprint density at radius 3 is 1.88 bits per heavy atom. The van der Waals surface area contributed by atoms with Crippen molar-refractivity contribution in [2.75, 3.05) is 6.61 Å². The fourth-order valence-electron chi connectivity index (χ4n) is 2.39. The van der Waals surface area contributed by atoms with Crippen LogP contribution in [0.3, 0.4) is 0 Å². The molecule has 0 bridgehead atoms. The zero-order valence-electron chi connectivity index (χ0n) is 13.0. The van der Waals surface area contributed by atoms with Crippen LogP contribution in [-0.4, -0.2) is 31.2 Å². The molecule has 2 aromatic rings. The van der Waals surface area contributed by atoms with Crippen molar-refractivity contribution in [1.29, 1.82) is 0 Å². The van der Waals surface area contributed by atoms with Crippen molar-refractivity contribution < 1.29 is 27.8 Å². The number of sulfonamides is 1. The maximum Gasteiger partial charge on any atom is 0.332 e. The van der Waals surface area contributed by atoms with E-state index in [0.717, 1.165) is 0 Å². The van der Waals surface area contributed by atoms with E-state index in [0.29, 0.717) is 11.1 Å². The Morgan fingerprint density at radius 2 is 1.48 bits per heavy atom. The summed E-state index contributed by atoms with van der Waals surface area (Å²) in [5.74, 6) is -1.71. The molecule has 0 saturated heterocycles. The van der Waals surface area contributed by atoms with E-state index in [4.69, 9.17) is 10.2 Å². The van der Waals surface area contributed by atoms with Gasteiger partial charge in [-0.15, -0.1) is 0 Å². The molecule has 25 heavy (non-hydrogen) atoms. The summed E-state index contributed by atoms with van der Waals surface area (Å²) < 4.78 is 35.9. The maximum atomic E-state index is 13.2. The highest BCUT2D eigenvalue weighted by Crippen LogP contribution is 2.29. The third-order valence-corrected chi connectivity index (χ3v) is 4.46. The molecule has 0 fully saturated rings. The Balaban J connectivity index is 2.68. The molecule has 4 N–H and O–H groups in total. The number of hydrogen-bond donors (Lipinski definition) is 3. The van der Waals surface area contributed by atoms with Gasteiger partial charge in [-0.05, 0) is 41.0 Å². The number of carbonyl (C=O) groups is 1. The summed E-state index contributed by atoms with van der Waals surface area (Å²) in [6.07, 6.45) is -0.126. The first-order chi connectivity index (χ1) is 11.7. The monoisotopic (exact) mass is 365 g/mol. The van der Waals surface area contributed by atoms with Crippen LogP contribution in [-0.2, 0) is 14.8 Å². The van der Waals surface area contributed by atoms with Crippen LogP contribution < -0.4 is 5.14 Å². The van der Waals surface area contributed by atoms with E-state index in [1.807, 2.05) is 0 Å². The lowest BCUT2D eigenvalue weighted by Crippen LogP contribution is -2.12.